The first kappa shape index (κ1) is 16.1. The molecule has 0 fully saturated rings. The third-order valence-electron chi connectivity index (χ3n) is 3.33. The van der Waals surface area contributed by atoms with Crippen LogP contribution in [0, 0.1) is 5.82 Å². The van der Waals surface area contributed by atoms with Gasteiger partial charge < -0.3 is 10.1 Å². The number of carbonyl (C=O) groups is 1. The second kappa shape index (κ2) is 7.23. The minimum Gasteiger partial charge on any atom is -0.481 e. The molecule has 0 unspecified atom stereocenters. The van der Waals surface area contributed by atoms with Crippen molar-refractivity contribution in [3.05, 3.63) is 65.9 Å². The van der Waals surface area contributed by atoms with Crippen molar-refractivity contribution < 1.29 is 13.9 Å². The maximum absolute atomic E-state index is 12.9. The second-order valence-electron chi connectivity index (χ2n) is 5.12. The fraction of sp³-hybridized carbons (Fsp3) is 0.111. The summed E-state index contributed by atoms with van der Waals surface area (Å²) in [6, 6.07) is 13.0. The molecule has 0 radical (unpaired) electrons. The summed E-state index contributed by atoms with van der Waals surface area (Å²) in [6.45, 7) is 1.64. The smallest absolute Gasteiger partial charge is 0.265 e. The predicted octanol–water partition coefficient (Wildman–Crippen LogP) is 4.36. The molecule has 3 aromatic rings. The topological polar surface area (TPSA) is 51.2 Å². The number of carbonyl (C=O) groups excluding carboxylic acids is 1. The average molecular weight is 342 g/mol. The van der Waals surface area contributed by atoms with Gasteiger partial charge >= 0.3 is 0 Å². The number of benzene rings is 2. The normalized spacial score (nSPS) is 11.8. The van der Waals surface area contributed by atoms with Crippen molar-refractivity contribution in [1.82, 2.24) is 4.98 Å². The van der Waals surface area contributed by atoms with Gasteiger partial charge in [0.25, 0.3) is 5.91 Å². The quantitative estimate of drug-likeness (QED) is 0.750. The molecule has 0 aliphatic carbocycles. The van der Waals surface area contributed by atoms with Crippen LogP contribution < -0.4 is 10.1 Å². The minimum atomic E-state index is -0.700. The van der Waals surface area contributed by atoms with Crippen LogP contribution in [0.4, 0.5) is 10.1 Å². The van der Waals surface area contributed by atoms with E-state index in [9.17, 15) is 9.18 Å². The van der Waals surface area contributed by atoms with E-state index in [2.05, 4.69) is 10.3 Å². The summed E-state index contributed by atoms with van der Waals surface area (Å²) in [4.78, 5) is 16.4. The standard InChI is InChI=1S/C18H15FN2O2S/c1-12(23-16-8-4-14(19)5-9-16)17(22)21-15-6-2-13(3-7-15)18-20-10-11-24-18/h2-12H,1H3,(H,21,22)/t12-/m1/s1. The number of nitrogens with zero attached hydrogens (tertiary/aromatic N) is 1. The predicted molar refractivity (Wildman–Crippen MR) is 92.7 cm³/mol. The zero-order valence-electron chi connectivity index (χ0n) is 12.9. The van der Waals surface area contributed by atoms with E-state index < -0.39 is 6.10 Å². The highest BCUT2D eigenvalue weighted by Gasteiger charge is 2.15. The molecule has 6 heteroatoms. The van der Waals surface area contributed by atoms with Crippen molar-refractivity contribution in [2.75, 3.05) is 5.32 Å². The summed E-state index contributed by atoms with van der Waals surface area (Å²) in [7, 11) is 0. The number of aromatic nitrogens is 1. The van der Waals surface area contributed by atoms with E-state index in [0.29, 0.717) is 11.4 Å². The van der Waals surface area contributed by atoms with E-state index in [0.717, 1.165) is 10.6 Å². The Morgan fingerprint density at radius 1 is 1.17 bits per heavy atom. The summed E-state index contributed by atoms with van der Waals surface area (Å²) >= 11 is 1.56. The highest BCUT2D eigenvalue weighted by molar-refractivity contribution is 7.13. The number of nitrogens with one attached hydrogen (secondary N) is 1. The number of ether oxygens (including phenoxy) is 1. The molecule has 2 aromatic carbocycles. The van der Waals surface area contributed by atoms with Gasteiger partial charge in [0.2, 0.25) is 0 Å². The molecule has 0 aliphatic heterocycles. The first-order valence-electron chi connectivity index (χ1n) is 7.35. The third kappa shape index (κ3) is 3.97. The van der Waals surface area contributed by atoms with Crippen LogP contribution in [-0.4, -0.2) is 17.0 Å². The van der Waals surface area contributed by atoms with Crippen LogP contribution in [0.15, 0.2) is 60.1 Å². The lowest BCUT2D eigenvalue weighted by atomic mass is 10.2. The van der Waals surface area contributed by atoms with Gasteiger partial charge in [-0.3, -0.25) is 4.79 Å². The lowest BCUT2D eigenvalue weighted by molar-refractivity contribution is -0.122. The monoisotopic (exact) mass is 342 g/mol. The van der Waals surface area contributed by atoms with Crippen LogP contribution in [0.1, 0.15) is 6.92 Å². The van der Waals surface area contributed by atoms with Gasteiger partial charge in [-0.05, 0) is 55.5 Å². The average Bonchev–Trinajstić information content (AvgIpc) is 3.12. The minimum absolute atomic E-state index is 0.277. The Kier molecular flexibility index (Phi) is 4.86. The number of halogens is 1. The maximum atomic E-state index is 12.9. The maximum Gasteiger partial charge on any atom is 0.265 e. The number of hydrogen-bond donors (Lipinski definition) is 1. The molecule has 1 atom stereocenters. The van der Waals surface area contributed by atoms with Gasteiger partial charge in [-0.2, -0.15) is 0 Å². The van der Waals surface area contributed by atoms with Gasteiger partial charge in [-0.25, -0.2) is 9.37 Å². The van der Waals surface area contributed by atoms with Gasteiger partial charge in [0.05, 0.1) is 0 Å². The van der Waals surface area contributed by atoms with Crippen LogP contribution in [0.3, 0.4) is 0 Å². The Balaban J connectivity index is 1.60. The molecule has 1 heterocycles. The van der Waals surface area contributed by atoms with Gasteiger partial charge in [0.15, 0.2) is 6.10 Å². The first-order valence-corrected chi connectivity index (χ1v) is 8.23. The van der Waals surface area contributed by atoms with E-state index >= 15 is 0 Å². The molecular weight excluding hydrogens is 327 g/mol. The van der Waals surface area contributed by atoms with Crippen molar-refractivity contribution >= 4 is 22.9 Å². The number of rotatable bonds is 5. The Hall–Kier alpha value is -2.73. The lowest BCUT2D eigenvalue weighted by Crippen LogP contribution is -2.30. The molecule has 24 heavy (non-hydrogen) atoms. The van der Waals surface area contributed by atoms with Crippen LogP contribution in [0.5, 0.6) is 5.75 Å². The van der Waals surface area contributed by atoms with Crippen molar-refractivity contribution in [3.8, 4) is 16.3 Å². The zero-order chi connectivity index (χ0) is 16.9. The van der Waals surface area contributed by atoms with E-state index in [1.807, 2.05) is 29.6 Å². The van der Waals surface area contributed by atoms with Gasteiger partial charge in [0.1, 0.15) is 16.6 Å². The van der Waals surface area contributed by atoms with Gasteiger partial charge in [-0.15, -0.1) is 11.3 Å². The molecule has 0 spiro atoms. The lowest BCUT2D eigenvalue weighted by Gasteiger charge is -2.14. The van der Waals surface area contributed by atoms with E-state index in [1.54, 1.807) is 24.5 Å². The molecule has 0 saturated carbocycles. The Morgan fingerprint density at radius 3 is 2.50 bits per heavy atom. The summed E-state index contributed by atoms with van der Waals surface area (Å²) in [5.74, 6) is -0.181. The molecule has 0 saturated heterocycles. The molecule has 3 rings (SSSR count). The number of anilines is 1. The fourth-order valence-corrected chi connectivity index (χ4v) is 2.72. The van der Waals surface area contributed by atoms with Crippen LogP contribution >= 0.6 is 11.3 Å². The molecule has 1 N–H and O–H groups in total. The van der Waals surface area contributed by atoms with Crippen molar-refractivity contribution in [2.45, 2.75) is 13.0 Å². The van der Waals surface area contributed by atoms with E-state index in [4.69, 9.17) is 4.74 Å². The van der Waals surface area contributed by atoms with Gasteiger partial charge in [-0.1, -0.05) is 0 Å². The summed E-state index contributed by atoms with van der Waals surface area (Å²) in [5.41, 5.74) is 1.67. The molecule has 0 bridgehead atoms. The van der Waals surface area contributed by atoms with E-state index in [-0.39, 0.29) is 11.7 Å². The number of amides is 1. The Bertz CT molecular complexity index is 802. The molecule has 0 aliphatic rings. The van der Waals surface area contributed by atoms with Crippen molar-refractivity contribution in [2.24, 2.45) is 0 Å². The summed E-state index contributed by atoms with van der Waals surface area (Å²) in [6.07, 6.45) is 1.05. The Morgan fingerprint density at radius 2 is 1.88 bits per heavy atom. The molecule has 1 aromatic heterocycles. The molecular formula is C18H15FN2O2S. The van der Waals surface area contributed by atoms with Gasteiger partial charge in [0, 0.05) is 22.8 Å². The fourth-order valence-electron chi connectivity index (χ4n) is 2.08. The van der Waals surface area contributed by atoms with Crippen LogP contribution in [0.25, 0.3) is 10.6 Å². The molecule has 1 amide bonds. The summed E-state index contributed by atoms with van der Waals surface area (Å²) < 4.78 is 18.4. The molecule has 122 valence electrons. The number of thiazole rings is 1. The molecule has 4 nitrogen and oxygen atoms in total. The Labute approximate surface area is 142 Å². The van der Waals surface area contributed by atoms with Crippen LogP contribution in [0.2, 0.25) is 0 Å². The largest absolute Gasteiger partial charge is 0.481 e. The zero-order valence-corrected chi connectivity index (χ0v) is 13.7. The first-order chi connectivity index (χ1) is 11.6. The third-order valence-corrected chi connectivity index (χ3v) is 4.15. The number of hydrogen-bond acceptors (Lipinski definition) is 4. The van der Waals surface area contributed by atoms with Crippen molar-refractivity contribution in [3.63, 3.8) is 0 Å². The van der Waals surface area contributed by atoms with Crippen molar-refractivity contribution in [1.29, 1.82) is 0 Å². The second-order valence-corrected chi connectivity index (χ2v) is 6.01. The summed E-state index contributed by atoms with van der Waals surface area (Å²) in [5, 5.41) is 5.64. The highest BCUT2D eigenvalue weighted by Crippen LogP contribution is 2.23. The van der Waals surface area contributed by atoms with Crippen LogP contribution in [-0.2, 0) is 4.79 Å². The highest BCUT2D eigenvalue weighted by atomic mass is 32.1. The SMILES string of the molecule is C[C@@H](Oc1ccc(F)cc1)C(=O)Nc1ccc(-c2nccs2)cc1. The van der Waals surface area contributed by atoms with E-state index in [1.165, 1.54) is 24.3 Å².